The standard InChI is InChI=1S/C16H15BrN2O3S/c1-21-12-5-3-4-10(8-12)15(20)19-16(23)18-11-6-7-14(22-2)13(17)9-11/h3-9H,1-2H3,(H2,18,19,20,23). The first-order chi connectivity index (χ1) is 11.0. The van der Waals surface area contributed by atoms with Gasteiger partial charge in [-0.1, -0.05) is 6.07 Å². The van der Waals surface area contributed by atoms with Crippen molar-refractivity contribution in [3.05, 3.63) is 52.5 Å². The van der Waals surface area contributed by atoms with E-state index in [0.29, 0.717) is 17.1 Å². The van der Waals surface area contributed by atoms with Gasteiger partial charge in [0.05, 0.1) is 18.7 Å². The Morgan fingerprint density at radius 2 is 1.91 bits per heavy atom. The number of ether oxygens (including phenoxy) is 2. The average Bonchev–Trinajstić information content (AvgIpc) is 2.55. The van der Waals surface area contributed by atoms with Gasteiger partial charge in [-0.15, -0.1) is 0 Å². The molecule has 0 aliphatic rings. The zero-order chi connectivity index (χ0) is 16.8. The van der Waals surface area contributed by atoms with Crippen LogP contribution < -0.4 is 20.1 Å². The molecular formula is C16H15BrN2O3S. The molecule has 0 bridgehead atoms. The van der Waals surface area contributed by atoms with Crippen LogP contribution in [0.1, 0.15) is 10.4 Å². The largest absolute Gasteiger partial charge is 0.497 e. The minimum absolute atomic E-state index is 0.204. The lowest BCUT2D eigenvalue weighted by atomic mass is 10.2. The highest BCUT2D eigenvalue weighted by atomic mass is 79.9. The molecule has 0 heterocycles. The monoisotopic (exact) mass is 394 g/mol. The molecule has 2 aromatic rings. The third kappa shape index (κ3) is 4.67. The van der Waals surface area contributed by atoms with E-state index < -0.39 is 0 Å². The summed E-state index contributed by atoms with van der Waals surface area (Å²) in [5.74, 6) is 1.01. The van der Waals surface area contributed by atoms with Crippen molar-refractivity contribution < 1.29 is 14.3 Å². The van der Waals surface area contributed by atoms with Crippen molar-refractivity contribution in [2.75, 3.05) is 19.5 Å². The van der Waals surface area contributed by atoms with Gasteiger partial charge in [-0.25, -0.2) is 0 Å². The van der Waals surface area contributed by atoms with Gasteiger partial charge >= 0.3 is 0 Å². The molecule has 0 fully saturated rings. The fourth-order valence-electron chi connectivity index (χ4n) is 1.85. The Kier molecular flexibility index (Phi) is 5.95. The fraction of sp³-hybridized carbons (Fsp3) is 0.125. The van der Waals surface area contributed by atoms with Crippen molar-refractivity contribution in [2.24, 2.45) is 0 Å². The summed E-state index contributed by atoms with van der Waals surface area (Å²) in [7, 11) is 3.14. The molecule has 2 rings (SSSR count). The number of benzene rings is 2. The van der Waals surface area contributed by atoms with Crippen LogP contribution in [-0.2, 0) is 0 Å². The van der Waals surface area contributed by atoms with Crippen molar-refractivity contribution in [2.45, 2.75) is 0 Å². The van der Waals surface area contributed by atoms with Crippen molar-refractivity contribution in [3.63, 3.8) is 0 Å². The molecule has 0 aliphatic carbocycles. The molecule has 5 nitrogen and oxygen atoms in total. The van der Waals surface area contributed by atoms with Crippen LogP contribution in [0, 0.1) is 0 Å². The molecular weight excluding hydrogens is 380 g/mol. The number of halogens is 1. The molecule has 0 saturated carbocycles. The van der Waals surface area contributed by atoms with Crippen molar-refractivity contribution in [1.82, 2.24) is 5.32 Å². The van der Waals surface area contributed by atoms with Crippen LogP contribution in [-0.4, -0.2) is 25.2 Å². The normalized spacial score (nSPS) is 9.87. The number of anilines is 1. The lowest BCUT2D eigenvalue weighted by Crippen LogP contribution is -2.34. The first-order valence-corrected chi connectivity index (χ1v) is 7.83. The number of hydrogen-bond donors (Lipinski definition) is 2. The zero-order valence-corrected chi connectivity index (χ0v) is 15.0. The van der Waals surface area contributed by atoms with E-state index in [2.05, 4.69) is 26.6 Å². The molecule has 0 unspecified atom stereocenters. The number of carbonyl (C=O) groups excluding carboxylic acids is 1. The van der Waals surface area contributed by atoms with Crippen LogP contribution in [0.4, 0.5) is 5.69 Å². The van der Waals surface area contributed by atoms with Gasteiger partial charge in [-0.05, 0) is 64.5 Å². The van der Waals surface area contributed by atoms with E-state index in [4.69, 9.17) is 21.7 Å². The Morgan fingerprint density at radius 3 is 2.57 bits per heavy atom. The number of methoxy groups -OCH3 is 2. The second-order valence-corrected chi connectivity index (χ2v) is 5.75. The maximum absolute atomic E-state index is 12.2. The predicted octanol–water partition coefficient (Wildman–Crippen LogP) is 3.59. The summed E-state index contributed by atoms with van der Waals surface area (Å²) in [6.45, 7) is 0. The highest BCUT2D eigenvalue weighted by Crippen LogP contribution is 2.27. The number of rotatable bonds is 4. The van der Waals surface area contributed by atoms with E-state index in [-0.39, 0.29) is 11.0 Å². The molecule has 23 heavy (non-hydrogen) atoms. The molecule has 0 radical (unpaired) electrons. The summed E-state index contributed by atoms with van der Waals surface area (Å²) >= 11 is 8.55. The Labute approximate surface area is 148 Å². The lowest BCUT2D eigenvalue weighted by Gasteiger charge is -2.11. The van der Waals surface area contributed by atoms with Gasteiger partial charge in [0.2, 0.25) is 0 Å². The number of carbonyl (C=O) groups is 1. The number of thiocarbonyl (C=S) groups is 1. The molecule has 2 N–H and O–H groups in total. The van der Waals surface area contributed by atoms with Gasteiger partial charge in [-0.3, -0.25) is 10.1 Å². The maximum Gasteiger partial charge on any atom is 0.257 e. The first kappa shape index (κ1) is 17.2. The highest BCUT2D eigenvalue weighted by molar-refractivity contribution is 9.10. The van der Waals surface area contributed by atoms with Gasteiger partial charge in [-0.2, -0.15) is 0 Å². The number of amides is 1. The van der Waals surface area contributed by atoms with Gasteiger partial charge < -0.3 is 14.8 Å². The van der Waals surface area contributed by atoms with Crippen molar-refractivity contribution in [3.8, 4) is 11.5 Å². The van der Waals surface area contributed by atoms with E-state index in [1.54, 1.807) is 50.6 Å². The molecule has 0 spiro atoms. The van der Waals surface area contributed by atoms with Crippen LogP contribution in [0.3, 0.4) is 0 Å². The van der Waals surface area contributed by atoms with Crippen LogP contribution in [0.15, 0.2) is 46.9 Å². The molecule has 0 aromatic heterocycles. The van der Waals surface area contributed by atoms with Gasteiger partial charge in [0.15, 0.2) is 5.11 Å². The molecule has 0 atom stereocenters. The van der Waals surface area contributed by atoms with E-state index in [9.17, 15) is 4.79 Å². The van der Waals surface area contributed by atoms with Crippen molar-refractivity contribution in [1.29, 1.82) is 0 Å². The van der Waals surface area contributed by atoms with E-state index in [0.717, 1.165) is 10.2 Å². The third-order valence-corrected chi connectivity index (χ3v) is 3.79. The van der Waals surface area contributed by atoms with E-state index >= 15 is 0 Å². The molecule has 1 amide bonds. The highest BCUT2D eigenvalue weighted by Gasteiger charge is 2.09. The summed E-state index contributed by atoms with van der Waals surface area (Å²) in [6, 6.07) is 12.2. The number of nitrogens with one attached hydrogen (secondary N) is 2. The summed E-state index contributed by atoms with van der Waals surface area (Å²) in [5.41, 5.74) is 1.19. The van der Waals surface area contributed by atoms with Crippen LogP contribution in [0.5, 0.6) is 11.5 Å². The summed E-state index contributed by atoms with van der Waals surface area (Å²) in [5, 5.41) is 5.77. The summed E-state index contributed by atoms with van der Waals surface area (Å²) in [6.07, 6.45) is 0. The van der Waals surface area contributed by atoms with Crippen molar-refractivity contribution >= 4 is 44.9 Å². The van der Waals surface area contributed by atoms with E-state index in [1.807, 2.05) is 6.07 Å². The van der Waals surface area contributed by atoms with Gasteiger partial charge in [0, 0.05) is 11.3 Å². The quantitative estimate of drug-likeness (QED) is 0.775. The lowest BCUT2D eigenvalue weighted by molar-refractivity contribution is 0.0977. The molecule has 0 saturated heterocycles. The van der Waals surface area contributed by atoms with E-state index in [1.165, 1.54) is 0 Å². The van der Waals surface area contributed by atoms with Gasteiger partial charge in [0.25, 0.3) is 5.91 Å². The minimum atomic E-state index is -0.311. The molecule has 7 heteroatoms. The second-order valence-electron chi connectivity index (χ2n) is 4.49. The van der Waals surface area contributed by atoms with Crippen LogP contribution >= 0.6 is 28.1 Å². The first-order valence-electron chi connectivity index (χ1n) is 6.63. The summed E-state index contributed by atoms with van der Waals surface area (Å²) < 4.78 is 11.0. The average molecular weight is 395 g/mol. The molecule has 2 aromatic carbocycles. The summed E-state index contributed by atoms with van der Waals surface area (Å²) in [4.78, 5) is 12.2. The molecule has 120 valence electrons. The minimum Gasteiger partial charge on any atom is -0.497 e. The SMILES string of the molecule is COc1cccc(C(=O)NC(=S)Nc2ccc(OC)c(Br)c2)c1. The zero-order valence-electron chi connectivity index (χ0n) is 12.6. The second kappa shape index (κ2) is 7.94. The fourth-order valence-corrected chi connectivity index (χ4v) is 2.60. The Balaban J connectivity index is 2.01. The van der Waals surface area contributed by atoms with Gasteiger partial charge in [0.1, 0.15) is 11.5 Å². The maximum atomic E-state index is 12.2. The Hall–Kier alpha value is -2.12. The number of hydrogen-bond acceptors (Lipinski definition) is 4. The Morgan fingerprint density at radius 1 is 1.13 bits per heavy atom. The van der Waals surface area contributed by atoms with Crippen LogP contribution in [0.25, 0.3) is 0 Å². The topological polar surface area (TPSA) is 59.6 Å². The smallest absolute Gasteiger partial charge is 0.257 e. The molecule has 0 aliphatic heterocycles. The Bertz CT molecular complexity index is 737. The predicted molar refractivity (Wildman–Crippen MR) is 97.4 cm³/mol. The van der Waals surface area contributed by atoms with Crippen LogP contribution in [0.2, 0.25) is 0 Å². The third-order valence-electron chi connectivity index (χ3n) is 2.97.